The molecule has 1 aromatic carbocycles. The summed E-state index contributed by atoms with van der Waals surface area (Å²) in [5.74, 6) is 0.884. The molecule has 0 amide bonds. The summed E-state index contributed by atoms with van der Waals surface area (Å²) in [5, 5.41) is 1.15. The van der Waals surface area contributed by atoms with E-state index in [-0.39, 0.29) is 0 Å². The number of rotatable bonds is 2. The maximum Gasteiger partial charge on any atom is 0.119 e. The Labute approximate surface area is 89.9 Å². The Hall–Kier alpha value is -1.57. The number of nitrogens with zero attached hydrogens (tertiary/aromatic N) is 1. The first kappa shape index (κ1) is 9.97. The molecule has 0 aliphatic rings. The van der Waals surface area contributed by atoms with Crippen LogP contribution < -0.4 is 4.74 Å². The topological polar surface area (TPSA) is 22.1 Å². The van der Waals surface area contributed by atoms with E-state index in [1.54, 1.807) is 7.11 Å². The van der Waals surface area contributed by atoms with Crippen molar-refractivity contribution in [2.75, 3.05) is 7.11 Å². The van der Waals surface area contributed by atoms with E-state index < -0.39 is 0 Å². The standard InChI is InChI=1S/C13H15NO/c1-4-10-7-11-8-12(15-3)5-6-13(11)14-9(10)2/h5-8H,4H2,1-3H3. The van der Waals surface area contributed by atoms with Crippen LogP contribution in [0.3, 0.4) is 0 Å². The molecule has 2 rings (SSSR count). The van der Waals surface area contributed by atoms with Gasteiger partial charge in [-0.3, -0.25) is 4.98 Å². The third-order valence-corrected chi connectivity index (χ3v) is 2.70. The normalized spacial score (nSPS) is 10.6. The van der Waals surface area contributed by atoms with E-state index in [0.717, 1.165) is 28.8 Å². The summed E-state index contributed by atoms with van der Waals surface area (Å²) >= 11 is 0. The van der Waals surface area contributed by atoms with Crippen LogP contribution in [0.2, 0.25) is 0 Å². The third-order valence-electron chi connectivity index (χ3n) is 2.70. The number of fused-ring (bicyclic) bond motifs is 1. The molecule has 0 N–H and O–H groups in total. The first-order valence-corrected chi connectivity index (χ1v) is 5.19. The van der Waals surface area contributed by atoms with Crippen molar-refractivity contribution in [3.05, 3.63) is 35.5 Å². The van der Waals surface area contributed by atoms with Gasteiger partial charge in [0.05, 0.1) is 12.6 Å². The number of hydrogen-bond acceptors (Lipinski definition) is 2. The molecule has 0 unspecified atom stereocenters. The highest BCUT2D eigenvalue weighted by Crippen LogP contribution is 2.21. The second-order valence-electron chi connectivity index (χ2n) is 3.65. The Kier molecular flexibility index (Phi) is 2.58. The number of benzene rings is 1. The molecule has 0 aliphatic carbocycles. The smallest absolute Gasteiger partial charge is 0.119 e. The van der Waals surface area contributed by atoms with Crippen molar-refractivity contribution in [2.45, 2.75) is 20.3 Å². The van der Waals surface area contributed by atoms with E-state index in [1.807, 2.05) is 18.2 Å². The van der Waals surface area contributed by atoms with Crippen molar-refractivity contribution in [1.82, 2.24) is 4.98 Å². The van der Waals surface area contributed by atoms with Crippen molar-refractivity contribution >= 4 is 10.9 Å². The van der Waals surface area contributed by atoms with Crippen LogP contribution in [0.5, 0.6) is 5.75 Å². The molecule has 0 radical (unpaired) electrons. The molecule has 78 valence electrons. The Morgan fingerprint density at radius 2 is 2.07 bits per heavy atom. The van der Waals surface area contributed by atoms with Crippen molar-refractivity contribution in [3.8, 4) is 5.75 Å². The maximum absolute atomic E-state index is 5.20. The van der Waals surface area contributed by atoms with Crippen LogP contribution in [0.1, 0.15) is 18.2 Å². The summed E-state index contributed by atoms with van der Waals surface area (Å²) in [6, 6.07) is 8.17. The molecule has 2 heteroatoms. The van der Waals surface area contributed by atoms with Gasteiger partial charge in [-0.25, -0.2) is 0 Å². The molecule has 0 fully saturated rings. The van der Waals surface area contributed by atoms with Crippen LogP contribution in [-0.4, -0.2) is 12.1 Å². The summed E-state index contributed by atoms with van der Waals surface area (Å²) in [5.41, 5.74) is 3.46. The van der Waals surface area contributed by atoms with Gasteiger partial charge in [0.25, 0.3) is 0 Å². The second-order valence-corrected chi connectivity index (χ2v) is 3.65. The second kappa shape index (κ2) is 3.89. The first-order valence-electron chi connectivity index (χ1n) is 5.19. The van der Waals surface area contributed by atoms with Gasteiger partial charge in [-0.15, -0.1) is 0 Å². The van der Waals surface area contributed by atoms with Crippen LogP contribution in [0.15, 0.2) is 24.3 Å². The minimum Gasteiger partial charge on any atom is -0.497 e. The van der Waals surface area contributed by atoms with Gasteiger partial charge in [-0.1, -0.05) is 6.92 Å². The van der Waals surface area contributed by atoms with Crippen LogP contribution in [0.4, 0.5) is 0 Å². The summed E-state index contributed by atoms with van der Waals surface area (Å²) < 4.78 is 5.20. The van der Waals surface area contributed by atoms with Gasteiger partial charge in [0.2, 0.25) is 0 Å². The highest BCUT2D eigenvalue weighted by Gasteiger charge is 2.02. The Morgan fingerprint density at radius 1 is 1.27 bits per heavy atom. The quantitative estimate of drug-likeness (QED) is 0.744. The Balaban J connectivity index is 2.66. The predicted octanol–water partition coefficient (Wildman–Crippen LogP) is 3.11. The van der Waals surface area contributed by atoms with Crippen molar-refractivity contribution < 1.29 is 4.74 Å². The van der Waals surface area contributed by atoms with Crippen molar-refractivity contribution in [1.29, 1.82) is 0 Å². The number of aromatic nitrogens is 1. The minimum absolute atomic E-state index is 0.884. The summed E-state index contributed by atoms with van der Waals surface area (Å²) in [6.45, 7) is 4.21. The van der Waals surface area contributed by atoms with E-state index in [4.69, 9.17) is 4.74 Å². The number of aryl methyl sites for hydroxylation is 2. The lowest BCUT2D eigenvalue weighted by molar-refractivity contribution is 0.415. The van der Waals surface area contributed by atoms with E-state index in [1.165, 1.54) is 5.56 Å². The molecule has 0 aliphatic heterocycles. The SMILES string of the molecule is CCc1cc2cc(OC)ccc2nc1C. The zero-order valence-electron chi connectivity index (χ0n) is 9.37. The highest BCUT2D eigenvalue weighted by atomic mass is 16.5. The maximum atomic E-state index is 5.20. The van der Waals surface area contributed by atoms with Crippen LogP contribution in [-0.2, 0) is 6.42 Å². The van der Waals surface area contributed by atoms with Gasteiger partial charge in [0.15, 0.2) is 0 Å². The lowest BCUT2D eigenvalue weighted by Gasteiger charge is -2.06. The highest BCUT2D eigenvalue weighted by molar-refractivity contribution is 5.81. The van der Waals surface area contributed by atoms with Crippen molar-refractivity contribution in [3.63, 3.8) is 0 Å². The van der Waals surface area contributed by atoms with Gasteiger partial charge >= 0.3 is 0 Å². The fraction of sp³-hybridized carbons (Fsp3) is 0.308. The molecule has 0 saturated carbocycles. The summed E-state index contributed by atoms with van der Waals surface area (Å²) in [7, 11) is 1.68. The molecular weight excluding hydrogens is 186 g/mol. The van der Waals surface area contributed by atoms with Crippen LogP contribution in [0.25, 0.3) is 10.9 Å². The number of ether oxygens (including phenoxy) is 1. The average Bonchev–Trinajstić information content (AvgIpc) is 2.27. The predicted molar refractivity (Wildman–Crippen MR) is 62.4 cm³/mol. The third kappa shape index (κ3) is 1.80. The van der Waals surface area contributed by atoms with Gasteiger partial charge in [0, 0.05) is 11.1 Å². The van der Waals surface area contributed by atoms with Gasteiger partial charge in [0.1, 0.15) is 5.75 Å². The molecule has 1 aromatic heterocycles. The molecule has 0 atom stereocenters. The van der Waals surface area contributed by atoms with E-state index in [2.05, 4.69) is 24.9 Å². The van der Waals surface area contributed by atoms with E-state index >= 15 is 0 Å². The fourth-order valence-corrected chi connectivity index (χ4v) is 1.78. The molecule has 0 bridgehead atoms. The summed E-state index contributed by atoms with van der Waals surface area (Å²) in [6.07, 6.45) is 1.02. The number of hydrogen-bond donors (Lipinski definition) is 0. The van der Waals surface area contributed by atoms with Crippen LogP contribution >= 0.6 is 0 Å². The Bertz CT molecular complexity index is 491. The lowest BCUT2D eigenvalue weighted by Crippen LogP contribution is -1.92. The number of pyridine rings is 1. The minimum atomic E-state index is 0.884. The zero-order valence-corrected chi connectivity index (χ0v) is 9.37. The largest absolute Gasteiger partial charge is 0.497 e. The molecule has 15 heavy (non-hydrogen) atoms. The van der Waals surface area contributed by atoms with Gasteiger partial charge < -0.3 is 4.74 Å². The molecule has 2 nitrogen and oxygen atoms in total. The summed E-state index contributed by atoms with van der Waals surface area (Å²) in [4.78, 5) is 4.57. The molecule has 0 saturated heterocycles. The Morgan fingerprint density at radius 3 is 2.73 bits per heavy atom. The van der Waals surface area contributed by atoms with Gasteiger partial charge in [-0.2, -0.15) is 0 Å². The lowest BCUT2D eigenvalue weighted by atomic mass is 10.1. The number of methoxy groups -OCH3 is 1. The molecular formula is C13H15NO. The van der Waals surface area contributed by atoms with Crippen LogP contribution in [0, 0.1) is 6.92 Å². The molecule has 1 heterocycles. The van der Waals surface area contributed by atoms with E-state index in [9.17, 15) is 0 Å². The van der Waals surface area contributed by atoms with E-state index in [0.29, 0.717) is 0 Å². The monoisotopic (exact) mass is 201 g/mol. The molecule has 2 aromatic rings. The zero-order chi connectivity index (χ0) is 10.8. The van der Waals surface area contributed by atoms with Gasteiger partial charge in [-0.05, 0) is 43.2 Å². The first-order chi connectivity index (χ1) is 7.24. The fourth-order valence-electron chi connectivity index (χ4n) is 1.78. The average molecular weight is 201 g/mol. The van der Waals surface area contributed by atoms with Crippen molar-refractivity contribution in [2.24, 2.45) is 0 Å². The molecule has 0 spiro atoms.